The summed E-state index contributed by atoms with van der Waals surface area (Å²) in [7, 11) is -3.83. The number of carbonyl (C=O) groups is 1. The monoisotopic (exact) mass is 570 g/mol. The number of rotatable bonds is 10. The molecular weight excluding hydrogens is 532 g/mol. The molecule has 2 aromatic carbocycles. The highest BCUT2D eigenvalue weighted by Crippen LogP contribution is 2.39. The van der Waals surface area contributed by atoms with E-state index >= 15 is 0 Å². The number of carboxylic acids is 1. The molecule has 2 heterocycles. The number of hydrogen-bond donors (Lipinski definition) is 1. The Bertz CT molecular complexity index is 1470. The zero-order valence-electron chi connectivity index (χ0n) is 23.9. The van der Waals surface area contributed by atoms with Crippen molar-refractivity contribution in [2.75, 3.05) is 6.54 Å². The van der Waals surface area contributed by atoms with Crippen molar-refractivity contribution in [3.8, 4) is 5.75 Å². The molecule has 1 N–H and O–H groups in total. The van der Waals surface area contributed by atoms with Gasteiger partial charge in [-0.15, -0.1) is 5.10 Å². The number of benzene rings is 2. The van der Waals surface area contributed by atoms with Gasteiger partial charge in [0.05, 0.1) is 30.9 Å². The molecule has 1 aliphatic heterocycles. The highest BCUT2D eigenvalue weighted by molar-refractivity contribution is 7.89. The second-order valence-electron chi connectivity index (χ2n) is 11.4. The van der Waals surface area contributed by atoms with Crippen molar-refractivity contribution in [2.24, 2.45) is 11.3 Å². The lowest BCUT2D eigenvalue weighted by Gasteiger charge is -2.31. The number of carboxylic acid groups (broad SMARTS) is 1. The summed E-state index contributed by atoms with van der Waals surface area (Å²) in [5.74, 6) is -0.276. The summed E-state index contributed by atoms with van der Waals surface area (Å²) < 4.78 is 42.5. The van der Waals surface area contributed by atoms with Crippen molar-refractivity contribution in [3.63, 3.8) is 0 Å². The van der Waals surface area contributed by atoms with E-state index in [9.17, 15) is 18.3 Å². The molecule has 10 nitrogen and oxygen atoms in total. The zero-order valence-corrected chi connectivity index (χ0v) is 24.7. The van der Waals surface area contributed by atoms with Crippen LogP contribution in [0.2, 0.25) is 0 Å². The summed E-state index contributed by atoms with van der Waals surface area (Å²) in [6, 6.07) is 12.2. The SMILES string of the molecule is Cc1ccc([C@@H](OCc2cn(CC(C)C)nn2)C(C)(C)C(=O)O)cc1CN1C[C@@H](C)Oc2ccccc2S1(=O)=O. The second-order valence-corrected chi connectivity index (χ2v) is 13.3. The van der Waals surface area contributed by atoms with Crippen LogP contribution in [-0.2, 0) is 39.3 Å². The lowest BCUT2D eigenvalue weighted by Crippen LogP contribution is -2.36. The Morgan fingerprint density at radius 2 is 1.95 bits per heavy atom. The lowest BCUT2D eigenvalue weighted by molar-refractivity contribution is -0.158. The van der Waals surface area contributed by atoms with Gasteiger partial charge in [0.1, 0.15) is 22.4 Å². The molecule has 4 rings (SSSR count). The van der Waals surface area contributed by atoms with E-state index < -0.39 is 27.5 Å². The fourth-order valence-corrected chi connectivity index (χ4v) is 6.39. The Kier molecular flexibility index (Phi) is 8.67. The first-order chi connectivity index (χ1) is 18.8. The van der Waals surface area contributed by atoms with Crippen LogP contribution in [0.25, 0.3) is 0 Å². The third-order valence-corrected chi connectivity index (χ3v) is 8.87. The standard InChI is InChI=1S/C29H38N4O6S/c1-19(2)14-32-17-24(30-31-32)18-38-27(29(5,6)28(34)35)22-12-11-20(3)23(13-22)16-33-15-21(4)39-25-9-7-8-10-26(25)40(33,36)37/h7-13,17,19,21,27H,14-16,18H2,1-6H3,(H,34,35)/t21-,27-/m1/s1. The molecule has 0 saturated heterocycles. The molecule has 0 spiro atoms. The van der Waals surface area contributed by atoms with E-state index in [1.807, 2.05) is 32.0 Å². The Balaban J connectivity index is 1.64. The number of fused-ring (bicyclic) bond motifs is 1. The van der Waals surface area contributed by atoms with E-state index in [0.29, 0.717) is 29.5 Å². The zero-order chi connectivity index (χ0) is 29.2. The van der Waals surface area contributed by atoms with Crippen LogP contribution in [0.4, 0.5) is 0 Å². The minimum atomic E-state index is -3.83. The fraction of sp³-hybridized carbons (Fsp3) is 0.483. The van der Waals surface area contributed by atoms with Gasteiger partial charge in [-0.05, 0) is 62.4 Å². The van der Waals surface area contributed by atoms with Gasteiger partial charge < -0.3 is 14.6 Å². The minimum absolute atomic E-state index is 0.0782. The number of hydrogen-bond acceptors (Lipinski definition) is 7. The fourth-order valence-electron chi connectivity index (χ4n) is 4.77. The Labute approximate surface area is 236 Å². The lowest BCUT2D eigenvalue weighted by atomic mass is 9.81. The van der Waals surface area contributed by atoms with Gasteiger partial charge in [0, 0.05) is 13.1 Å². The van der Waals surface area contributed by atoms with Crippen LogP contribution in [0, 0.1) is 18.3 Å². The van der Waals surface area contributed by atoms with E-state index in [-0.39, 0.29) is 30.7 Å². The van der Waals surface area contributed by atoms with Crippen molar-refractivity contribution in [2.45, 2.75) is 78.3 Å². The maximum Gasteiger partial charge on any atom is 0.312 e. The first-order valence-corrected chi connectivity index (χ1v) is 14.8. The first kappa shape index (κ1) is 29.7. The summed E-state index contributed by atoms with van der Waals surface area (Å²) in [6.45, 7) is 12.2. The molecule has 0 aliphatic carbocycles. The maximum atomic E-state index is 13.6. The average Bonchev–Trinajstić information content (AvgIpc) is 3.28. The number of aryl methyl sites for hydroxylation is 1. The summed E-state index contributed by atoms with van der Waals surface area (Å²) >= 11 is 0. The Morgan fingerprint density at radius 1 is 1.23 bits per heavy atom. The molecule has 0 radical (unpaired) electrons. The summed E-state index contributed by atoms with van der Waals surface area (Å²) in [4.78, 5) is 12.4. The van der Waals surface area contributed by atoms with Crippen LogP contribution in [0.1, 0.15) is 63.1 Å². The summed E-state index contributed by atoms with van der Waals surface area (Å²) in [5, 5.41) is 18.4. The predicted molar refractivity (Wildman–Crippen MR) is 149 cm³/mol. The van der Waals surface area contributed by atoms with Crippen molar-refractivity contribution in [1.82, 2.24) is 19.3 Å². The summed E-state index contributed by atoms with van der Waals surface area (Å²) in [5.41, 5.74) is 1.59. The van der Waals surface area contributed by atoms with Crippen LogP contribution in [0.3, 0.4) is 0 Å². The number of nitrogens with zero attached hydrogens (tertiary/aromatic N) is 4. The Morgan fingerprint density at radius 3 is 2.65 bits per heavy atom. The quantitative estimate of drug-likeness (QED) is 0.376. The van der Waals surface area contributed by atoms with Gasteiger partial charge >= 0.3 is 5.97 Å². The van der Waals surface area contributed by atoms with Crippen LogP contribution in [0.15, 0.2) is 53.6 Å². The van der Waals surface area contributed by atoms with Gasteiger partial charge in [0.2, 0.25) is 10.0 Å². The van der Waals surface area contributed by atoms with Gasteiger partial charge in [-0.3, -0.25) is 9.48 Å². The van der Waals surface area contributed by atoms with Gasteiger partial charge in [0.25, 0.3) is 0 Å². The van der Waals surface area contributed by atoms with E-state index in [0.717, 1.165) is 11.1 Å². The molecule has 0 bridgehead atoms. The smallest absolute Gasteiger partial charge is 0.312 e. The van der Waals surface area contributed by atoms with Crippen molar-refractivity contribution in [1.29, 1.82) is 0 Å². The molecule has 1 aromatic heterocycles. The third-order valence-electron chi connectivity index (χ3n) is 7.02. The molecule has 0 unspecified atom stereocenters. The molecular formula is C29H38N4O6S. The topological polar surface area (TPSA) is 124 Å². The maximum absolute atomic E-state index is 13.6. The first-order valence-electron chi connectivity index (χ1n) is 13.4. The minimum Gasteiger partial charge on any atom is -0.488 e. The van der Waals surface area contributed by atoms with Crippen LogP contribution in [0.5, 0.6) is 5.75 Å². The van der Waals surface area contributed by atoms with Crippen LogP contribution >= 0.6 is 0 Å². The van der Waals surface area contributed by atoms with Crippen LogP contribution < -0.4 is 4.74 Å². The average molecular weight is 571 g/mol. The molecule has 3 aromatic rings. The molecule has 1 aliphatic rings. The van der Waals surface area contributed by atoms with E-state index in [4.69, 9.17) is 9.47 Å². The second kappa shape index (κ2) is 11.7. The normalized spacial score (nSPS) is 18.1. The predicted octanol–water partition coefficient (Wildman–Crippen LogP) is 4.58. The molecule has 2 atom stereocenters. The molecule has 0 saturated carbocycles. The number of sulfonamides is 1. The van der Waals surface area contributed by atoms with Crippen molar-refractivity contribution >= 4 is 16.0 Å². The highest BCUT2D eigenvalue weighted by atomic mass is 32.2. The molecule has 0 amide bonds. The summed E-state index contributed by atoms with van der Waals surface area (Å²) in [6.07, 6.45) is 0.618. The van der Waals surface area contributed by atoms with Crippen LogP contribution in [-0.4, -0.2) is 51.4 Å². The van der Waals surface area contributed by atoms with E-state index in [1.165, 1.54) is 4.31 Å². The molecule has 216 valence electrons. The number of ether oxygens (including phenoxy) is 2. The number of aromatic nitrogens is 3. The van der Waals surface area contributed by atoms with Gasteiger partial charge in [-0.2, -0.15) is 4.31 Å². The largest absolute Gasteiger partial charge is 0.488 e. The van der Waals surface area contributed by atoms with E-state index in [1.54, 1.807) is 49.0 Å². The van der Waals surface area contributed by atoms with Crippen molar-refractivity contribution in [3.05, 3.63) is 71.0 Å². The Hall–Kier alpha value is -3.28. The molecule has 11 heteroatoms. The van der Waals surface area contributed by atoms with Gasteiger partial charge in [-0.25, -0.2) is 8.42 Å². The number of para-hydroxylation sites is 1. The van der Waals surface area contributed by atoms with Gasteiger partial charge in [0.15, 0.2) is 0 Å². The third kappa shape index (κ3) is 6.37. The van der Waals surface area contributed by atoms with E-state index in [2.05, 4.69) is 24.2 Å². The highest BCUT2D eigenvalue weighted by Gasteiger charge is 2.40. The number of aliphatic carboxylic acids is 1. The van der Waals surface area contributed by atoms with Gasteiger partial charge in [-0.1, -0.05) is 49.4 Å². The van der Waals surface area contributed by atoms with Crippen molar-refractivity contribution < 1.29 is 27.8 Å². The molecule has 40 heavy (non-hydrogen) atoms. The molecule has 0 fully saturated rings.